The molecular weight excluding hydrogens is 140 g/mol. The Morgan fingerprint density at radius 1 is 1.82 bits per heavy atom. The lowest BCUT2D eigenvalue weighted by atomic mass is 10.4. The molecule has 0 amide bonds. The predicted molar refractivity (Wildman–Crippen MR) is 41.5 cm³/mol. The summed E-state index contributed by atoms with van der Waals surface area (Å²) in [5.41, 5.74) is 1.03. The summed E-state index contributed by atoms with van der Waals surface area (Å²) in [5.74, 6) is 2.49. The molecule has 0 radical (unpaired) electrons. The van der Waals surface area contributed by atoms with Gasteiger partial charge in [-0.3, -0.25) is 4.68 Å². The number of aryl methyl sites for hydroxylation is 1. The monoisotopic (exact) mass is 150 g/mol. The quantitative estimate of drug-likeness (QED) is 0.468. The largest absolute Gasteiger partial charge is 0.300 e. The van der Waals surface area contributed by atoms with Gasteiger partial charge in [0, 0.05) is 13.6 Å². The van der Waals surface area contributed by atoms with Gasteiger partial charge in [-0.25, -0.2) is 0 Å². The van der Waals surface area contributed by atoms with Crippen molar-refractivity contribution in [2.24, 2.45) is 7.05 Å². The van der Waals surface area contributed by atoms with Crippen LogP contribution in [-0.4, -0.2) is 21.5 Å². The van der Waals surface area contributed by atoms with E-state index >= 15 is 0 Å². The van der Waals surface area contributed by atoms with Gasteiger partial charge < -0.3 is 5.32 Å². The molecule has 0 aliphatic carbocycles. The minimum absolute atomic E-state index is 0.575. The lowest BCUT2D eigenvalue weighted by molar-refractivity contribution is 0.642. The average molecular weight is 150 g/mol. The predicted octanol–water partition coefficient (Wildman–Crippen LogP) is -0.462. The third-order valence-electron chi connectivity index (χ3n) is 1.34. The Bertz CT molecular complexity index is 258. The molecule has 0 saturated carbocycles. The zero-order chi connectivity index (χ0) is 8.10. The first-order valence-corrected chi connectivity index (χ1v) is 3.32. The number of rotatable bonds is 3. The summed E-state index contributed by atoms with van der Waals surface area (Å²) < 4.78 is 1.71. The van der Waals surface area contributed by atoms with Crippen molar-refractivity contribution in [2.75, 3.05) is 6.54 Å². The second kappa shape index (κ2) is 3.74. The van der Waals surface area contributed by atoms with E-state index in [1.165, 1.54) is 0 Å². The standard InChI is InChI=1S/C7H10N4/c1-3-4-8-5-7-6-9-10-11(7)2/h1,6,8H,4-5H2,2H3. The first-order chi connectivity index (χ1) is 5.34. The van der Waals surface area contributed by atoms with Gasteiger partial charge in [0.15, 0.2) is 0 Å². The van der Waals surface area contributed by atoms with Gasteiger partial charge in [0.1, 0.15) is 0 Å². The average Bonchev–Trinajstić information content (AvgIpc) is 2.37. The highest BCUT2D eigenvalue weighted by Crippen LogP contribution is 1.90. The van der Waals surface area contributed by atoms with Crippen LogP contribution in [0.5, 0.6) is 0 Å². The molecule has 0 aliphatic rings. The summed E-state index contributed by atoms with van der Waals surface area (Å²) in [6.07, 6.45) is 6.77. The maximum atomic E-state index is 5.06. The fourth-order valence-electron chi connectivity index (χ4n) is 0.734. The van der Waals surface area contributed by atoms with Gasteiger partial charge in [-0.2, -0.15) is 0 Å². The van der Waals surface area contributed by atoms with E-state index < -0.39 is 0 Å². The first-order valence-electron chi connectivity index (χ1n) is 3.32. The van der Waals surface area contributed by atoms with Gasteiger partial charge in [0.2, 0.25) is 0 Å². The van der Waals surface area contributed by atoms with E-state index in [1.54, 1.807) is 10.9 Å². The Morgan fingerprint density at radius 3 is 3.18 bits per heavy atom. The highest BCUT2D eigenvalue weighted by atomic mass is 15.4. The van der Waals surface area contributed by atoms with Crippen LogP contribution in [0.2, 0.25) is 0 Å². The van der Waals surface area contributed by atoms with Crippen LogP contribution in [0.1, 0.15) is 5.69 Å². The van der Waals surface area contributed by atoms with Crippen LogP contribution >= 0.6 is 0 Å². The maximum Gasteiger partial charge on any atom is 0.0738 e. The van der Waals surface area contributed by atoms with Crippen molar-refractivity contribution >= 4 is 0 Å². The minimum Gasteiger partial charge on any atom is -0.300 e. The molecule has 1 aromatic rings. The molecule has 1 N–H and O–H groups in total. The molecule has 58 valence electrons. The molecule has 0 aromatic carbocycles. The van der Waals surface area contributed by atoms with E-state index in [4.69, 9.17) is 6.42 Å². The topological polar surface area (TPSA) is 42.7 Å². The summed E-state index contributed by atoms with van der Waals surface area (Å²) in [4.78, 5) is 0. The first kappa shape index (κ1) is 7.76. The van der Waals surface area contributed by atoms with Gasteiger partial charge in [-0.05, 0) is 0 Å². The molecule has 1 aromatic heterocycles. The number of aromatic nitrogens is 3. The van der Waals surface area contributed by atoms with Gasteiger partial charge in [-0.1, -0.05) is 11.1 Å². The third-order valence-corrected chi connectivity index (χ3v) is 1.34. The Kier molecular flexibility index (Phi) is 2.64. The van der Waals surface area contributed by atoms with Crippen LogP contribution in [0.25, 0.3) is 0 Å². The van der Waals surface area contributed by atoms with Crippen molar-refractivity contribution in [3.8, 4) is 12.3 Å². The van der Waals surface area contributed by atoms with Gasteiger partial charge in [0.05, 0.1) is 18.4 Å². The zero-order valence-electron chi connectivity index (χ0n) is 6.41. The van der Waals surface area contributed by atoms with E-state index in [2.05, 4.69) is 21.5 Å². The maximum absolute atomic E-state index is 5.06. The van der Waals surface area contributed by atoms with E-state index in [0.29, 0.717) is 13.1 Å². The fraction of sp³-hybridized carbons (Fsp3) is 0.429. The van der Waals surface area contributed by atoms with Crippen molar-refractivity contribution in [3.63, 3.8) is 0 Å². The molecular formula is C7H10N4. The van der Waals surface area contributed by atoms with Crippen LogP contribution in [0.15, 0.2) is 6.20 Å². The molecule has 4 nitrogen and oxygen atoms in total. The van der Waals surface area contributed by atoms with Gasteiger partial charge in [0.25, 0.3) is 0 Å². The Hall–Kier alpha value is -1.34. The second-order valence-corrected chi connectivity index (χ2v) is 2.16. The molecule has 1 heterocycles. The van der Waals surface area contributed by atoms with Crippen molar-refractivity contribution in [1.82, 2.24) is 20.3 Å². The second-order valence-electron chi connectivity index (χ2n) is 2.16. The number of nitrogens with zero attached hydrogens (tertiary/aromatic N) is 3. The SMILES string of the molecule is C#CCNCc1cnnn1C. The molecule has 0 unspecified atom stereocenters. The van der Waals surface area contributed by atoms with E-state index in [9.17, 15) is 0 Å². The van der Waals surface area contributed by atoms with Crippen molar-refractivity contribution < 1.29 is 0 Å². The fourth-order valence-corrected chi connectivity index (χ4v) is 0.734. The minimum atomic E-state index is 0.575. The van der Waals surface area contributed by atoms with Crippen LogP contribution in [0.3, 0.4) is 0 Å². The Labute approximate surface area is 65.6 Å². The van der Waals surface area contributed by atoms with Crippen LogP contribution in [-0.2, 0) is 13.6 Å². The molecule has 0 saturated heterocycles. The molecule has 11 heavy (non-hydrogen) atoms. The van der Waals surface area contributed by atoms with Crippen molar-refractivity contribution in [1.29, 1.82) is 0 Å². The van der Waals surface area contributed by atoms with Crippen molar-refractivity contribution in [3.05, 3.63) is 11.9 Å². The molecule has 4 heteroatoms. The summed E-state index contributed by atoms with van der Waals surface area (Å²) in [6, 6.07) is 0. The number of hydrogen-bond donors (Lipinski definition) is 1. The smallest absolute Gasteiger partial charge is 0.0738 e. The van der Waals surface area contributed by atoms with E-state index in [1.807, 2.05) is 7.05 Å². The van der Waals surface area contributed by atoms with E-state index in [-0.39, 0.29) is 0 Å². The Morgan fingerprint density at radius 2 is 2.64 bits per heavy atom. The highest BCUT2D eigenvalue weighted by molar-refractivity contribution is 4.94. The van der Waals surface area contributed by atoms with Crippen LogP contribution in [0.4, 0.5) is 0 Å². The summed E-state index contributed by atoms with van der Waals surface area (Å²) in [5, 5.41) is 10.5. The summed E-state index contributed by atoms with van der Waals surface area (Å²) >= 11 is 0. The molecule has 0 aliphatic heterocycles. The van der Waals surface area contributed by atoms with E-state index in [0.717, 1.165) is 5.69 Å². The molecule has 1 rings (SSSR count). The van der Waals surface area contributed by atoms with Crippen LogP contribution in [0, 0.1) is 12.3 Å². The van der Waals surface area contributed by atoms with Crippen LogP contribution < -0.4 is 5.32 Å². The number of terminal acetylenes is 1. The van der Waals surface area contributed by atoms with Gasteiger partial charge in [-0.15, -0.1) is 11.5 Å². The number of nitrogens with one attached hydrogen (secondary N) is 1. The summed E-state index contributed by atoms with van der Waals surface area (Å²) in [7, 11) is 1.85. The lowest BCUT2D eigenvalue weighted by Crippen LogP contribution is -2.15. The normalized spacial score (nSPS) is 9.45. The lowest BCUT2D eigenvalue weighted by Gasteiger charge is -1.98. The Balaban J connectivity index is 2.40. The molecule has 0 spiro atoms. The molecule has 0 atom stereocenters. The van der Waals surface area contributed by atoms with Gasteiger partial charge >= 0.3 is 0 Å². The highest BCUT2D eigenvalue weighted by Gasteiger charge is 1.96. The number of hydrogen-bond acceptors (Lipinski definition) is 3. The summed E-state index contributed by atoms with van der Waals surface area (Å²) in [6.45, 7) is 1.29. The molecule has 0 fully saturated rings. The third kappa shape index (κ3) is 2.06. The molecule has 0 bridgehead atoms. The zero-order valence-corrected chi connectivity index (χ0v) is 6.41. The van der Waals surface area contributed by atoms with Crippen molar-refractivity contribution in [2.45, 2.75) is 6.54 Å².